The summed E-state index contributed by atoms with van der Waals surface area (Å²) in [6.07, 6.45) is 4.04. The molecule has 0 aliphatic carbocycles. The van der Waals surface area contributed by atoms with Crippen molar-refractivity contribution in [1.82, 2.24) is 0 Å². The molecular formula is C6H8O. The summed E-state index contributed by atoms with van der Waals surface area (Å²) in [5, 5.41) is 0. The van der Waals surface area contributed by atoms with Gasteiger partial charge in [0, 0.05) is 0 Å². The zero-order valence-corrected chi connectivity index (χ0v) is 4.35. The molecule has 1 heteroatoms. The molecule has 0 spiro atoms. The molecule has 0 N–H and O–H groups in total. The van der Waals surface area contributed by atoms with Crippen molar-refractivity contribution in [2.45, 2.75) is 6.92 Å². The van der Waals surface area contributed by atoms with Crippen molar-refractivity contribution in [3.05, 3.63) is 24.3 Å². The van der Waals surface area contributed by atoms with E-state index in [2.05, 4.69) is 6.58 Å². The first-order chi connectivity index (χ1) is 3.31. The Morgan fingerprint density at radius 2 is 2.29 bits per heavy atom. The quantitative estimate of drug-likeness (QED) is 0.288. The van der Waals surface area contributed by atoms with Gasteiger partial charge in [-0.05, 0) is 12.5 Å². The normalized spacial score (nSPS) is 10.7. The molecule has 0 rings (SSSR count). The first-order valence-electron chi connectivity index (χ1n) is 2.05. The second-order valence-corrected chi connectivity index (χ2v) is 1.26. The van der Waals surface area contributed by atoms with Crippen LogP contribution in [0.5, 0.6) is 0 Å². The van der Waals surface area contributed by atoms with Crippen LogP contribution in [-0.4, -0.2) is 6.29 Å². The Morgan fingerprint density at radius 1 is 1.71 bits per heavy atom. The highest BCUT2D eigenvalue weighted by Crippen LogP contribution is 1.83. The Hall–Kier alpha value is -0.850. The molecule has 0 aromatic rings. The van der Waals surface area contributed by atoms with Gasteiger partial charge in [0.25, 0.3) is 0 Å². The van der Waals surface area contributed by atoms with E-state index in [0.717, 1.165) is 6.29 Å². The van der Waals surface area contributed by atoms with Crippen molar-refractivity contribution in [3.8, 4) is 0 Å². The minimum absolute atomic E-state index is 0.704. The number of hydrogen-bond donors (Lipinski definition) is 0. The van der Waals surface area contributed by atoms with Crippen LogP contribution in [0.1, 0.15) is 6.92 Å². The topological polar surface area (TPSA) is 17.1 Å². The predicted molar refractivity (Wildman–Crippen MR) is 30.0 cm³/mol. The Morgan fingerprint density at radius 3 is 2.43 bits per heavy atom. The average molecular weight is 96.1 g/mol. The highest BCUT2D eigenvalue weighted by Gasteiger charge is 1.74. The third kappa shape index (κ3) is 2.97. The lowest BCUT2D eigenvalue weighted by Crippen LogP contribution is -1.70. The number of carbonyl (C=O) groups excluding carboxylic acids is 1. The fourth-order valence-corrected chi connectivity index (χ4v) is 0.225. The number of hydrogen-bond acceptors (Lipinski definition) is 1. The van der Waals surface area contributed by atoms with E-state index in [1.807, 2.05) is 0 Å². The van der Waals surface area contributed by atoms with Crippen LogP contribution in [0.15, 0.2) is 24.3 Å². The molecule has 0 aliphatic rings. The van der Waals surface area contributed by atoms with Gasteiger partial charge in [-0.25, -0.2) is 0 Å². The van der Waals surface area contributed by atoms with Crippen LogP contribution in [0.3, 0.4) is 0 Å². The van der Waals surface area contributed by atoms with E-state index in [-0.39, 0.29) is 0 Å². The van der Waals surface area contributed by atoms with Crippen molar-refractivity contribution in [2.24, 2.45) is 0 Å². The zero-order chi connectivity index (χ0) is 5.70. The summed E-state index contributed by atoms with van der Waals surface area (Å²) in [6, 6.07) is 0. The van der Waals surface area contributed by atoms with E-state index in [1.165, 1.54) is 0 Å². The molecule has 38 valence electrons. The fourth-order valence-electron chi connectivity index (χ4n) is 0.225. The third-order valence-corrected chi connectivity index (χ3v) is 0.567. The van der Waals surface area contributed by atoms with Gasteiger partial charge in [0.15, 0.2) is 0 Å². The summed E-state index contributed by atoms with van der Waals surface area (Å²) < 4.78 is 0. The van der Waals surface area contributed by atoms with Crippen LogP contribution in [0.25, 0.3) is 0 Å². The van der Waals surface area contributed by atoms with Gasteiger partial charge in [-0.2, -0.15) is 0 Å². The monoisotopic (exact) mass is 96.1 g/mol. The lowest BCUT2D eigenvalue weighted by atomic mass is 10.3. The van der Waals surface area contributed by atoms with Gasteiger partial charge >= 0.3 is 0 Å². The summed E-state index contributed by atoms with van der Waals surface area (Å²) >= 11 is 0. The Labute approximate surface area is 43.3 Å². The summed E-state index contributed by atoms with van der Waals surface area (Å²) in [5.74, 6) is 0. The van der Waals surface area contributed by atoms with Gasteiger partial charge in [-0.1, -0.05) is 18.7 Å². The van der Waals surface area contributed by atoms with Gasteiger partial charge in [-0.3, -0.25) is 4.79 Å². The largest absolute Gasteiger partial charge is 0.298 e. The lowest BCUT2D eigenvalue weighted by molar-refractivity contribution is -0.104. The van der Waals surface area contributed by atoms with E-state index >= 15 is 0 Å². The second kappa shape index (κ2) is 3.34. The number of rotatable bonds is 2. The maximum absolute atomic E-state index is 9.78. The van der Waals surface area contributed by atoms with Crippen molar-refractivity contribution in [1.29, 1.82) is 0 Å². The van der Waals surface area contributed by atoms with Crippen LogP contribution in [0.4, 0.5) is 0 Å². The molecule has 0 amide bonds. The minimum atomic E-state index is 0.704. The van der Waals surface area contributed by atoms with Crippen molar-refractivity contribution >= 4 is 6.29 Å². The molecule has 7 heavy (non-hydrogen) atoms. The summed E-state index contributed by atoms with van der Waals surface area (Å²) in [6.45, 7) is 5.14. The minimum Gasteiger partial charge on any atom is -0.298 e. The first kappa shape index (κ1) is 6.15. The fraction of sp³-hybridized carbons (Fsp3) is 0.167. The molecule has 0 fully saturated rings. The lowest BCUT2D eigenvalue weighted by Gasteiger charge is -1.75. The molecule has 0 aromatic heterocycles. The maximum atomic E-state index is 9.78. The maximum Gasteiger partial charge on any atom is 0.145 e. The van der Waals surface area contributed by atoms with Gasteiger partial charge in [0.05, 0.1) is 0 Å². The molecule has 0 aliphatic heterocycles. The number of aldehydes is 1. The molecule has 1 nitrogen and oxygen atoms in total. The molecule has 0 aromatic carbocycles. The zero-order valence-electron chi connectivity index (χ0n) is 4.35. The first-order valence-corrected chi connectivity index (χ1v) is 2.05. The second-order valence-electron chi connectivity index (χ2n) is 1.26. The van der Waals surface area contributed by atoms with Crippen LogP contribution in [0.2, 0.25) is 0 Å². The van der Waals surface area contributed by atoms with Crippen LogP contribution in [-0.2, 0) is 4.79 Å². The van der Waals surface area contributed by atoms with Crippen LogP contribution in [0, 0.1) is 0 Å². The molecule has 0 bridgehead atoms. The predicted octanol–water partition coefficient (Wildman–Crippen LogP) is 1.32. The highest BCUT2D eigenvalue weighted by atomic mass is 16.1. The standard InChI is InChI=1S/C6H8O/c1-3-4-6(2)5-7/h3-5H,1H2,2H3/b6-4-. The van der Waals surface area contributed by atoms with Crippen LogP contribution < -0.4 is 0 Å². The molecule has 0 saturated carbocycles. The Bertz CT molecular complexity index is 101. The van der Waals surface area contributed by atoms with Crippen molar-refractivity contribution < 1.29 is 4.79 Å². The van der Waals surface area contributed by atoms with E-state index < -0.39 is 0 Å². The van der Waals surface area contributed by atoms with E-state index in [4.69, 9.17) is 0 Å². The van der Waals surface area contributed by atoms with E-state index in [9.17, 15) is 4.79 Å². The van der Waals surface area contributed by atoms with E-state index in [0.29, 0.717) is 5.57 Å². The molecule has 0 saturated heterocycles. The summed E-state index contributed by atoms with van der Waals surface area (Å²) in [4.78, 5) is 9.78. The van der Waals surface area contributed by atoms with Gasteiger partial charge in [-0.15, -0.1) is 0 Å². The van der Waals surface area contributed by atoms with Gasteiger partial charge < -0.3 is 0 Å². The van der Waals surface area contributed by atoms with Crippen molar-refractivity contribution in [2.75, 3.05) is 0 Å². The van der Waals surface area contributed by atoms with Crippen LogP contribution >= 0.6 is 0 Å². The summed E-state index contributed by atoms with van der Waals surface area (Å²) in [7, 11) is 0. The average Bonchev–Trinajstić information content (AvgIpc) is 1.68. The molecule has 0 radical (unpaired) electrons. The highest BCUT2D eigenvalue weighted by molar-refractivity contribution is 5.72. The molecule has 0 unspecified atom stereocenters. The Balaban J connectivity index is 3.72. The molecule has 0 heterocycles. The third-order valence-electron chi connectivity index (χ3n) is 0.567. The molecule has 0 atom stereocenters. The number of carbonyl (C=O) groups is 1. The SMILES string of the molecule is C=C/C=C(/C)C=O. The van der Waals surface area contributed by atoms with Gasteiger partial charge in [0.1, 0.15) is 6.29 Å². The van der Waals surface area contributed by atoms with Gasteiger partial charge in [0.2, 0.25) is 0 Å². The van der Waals surface area contributed by atoms with Crippen molar-refractivity contribution in [3.63, 3.8) is 0 Å². The number of allylic oxidation sites excluding steroid dienone is 3. The summed E-state index contributed by atoms with van der Waals surface area (Å²) in [5.41, 5.74) is 0.704. The van der Waals surface area contributed by atoms with E-state index in [1.54, 1.807) is 19.1 Å². The Kier molecular flexibility index (Phi) is 2.94. The smallest absolute Gasteiger partial charge is 0.145 e. The molecular weight excluding hydrogens is 88.1 g/mol.